The van der Waals surface area contributed by atoms with Gasteiger partial charge in [0.15, 0.2) is 0 Å². The van der Waals surface area contributed by atoms with Gasteiger partial charge in [0.1, 0.15) is 5.75 Å². The number of aliphatic hydroxyl groups is 1. The molecular formula is C14H22N2O2. The molecule has 0 bridgehead atoms. The molecule has 100 valence electrons. The predicted octanol–water partition coefficient (Wildman–Crippen LogP) is 1.87. The van der Waals surface area contributed by atoms with Crippen LogP contribution in [0, 0.1) is 0 Å². The molecule has 0 aliphatic heterocycles. The third-order valence-corrected chi connectivity index (χ3v) is 2.93. The minimum Gasteiger partial charge on any atom is -0.492 e. The average Bonchev–Trinajstić information content (AvgIpc) is 3.10. The lowest BCUT2D eigenvalue weighted by Gasteiger charge is -2.16. The molecule has 4 heteroatoms. The Morgan fingerprint density at radius 2 is 2.22 bits per heavy atom. The van der Waals surface area contributed by atoms with Gasteiger partial charge in [-0.2, -0.15) is 0 Å². The van der Waals surface area contributed by atoms with E-state index in [1.807, 2.05) is 12.1 Å². The molecule has 0 aromatic carbocycles. The van der Waals surface area contributed by atoms with Crippen LogP contribution in [0.2, 0.25) is 0 Å². The molecule has 0 atom stereocenters. The molecule has 0 radical (unpaired) electrons. The normalized spacial score (nSPS) is 15.7. The van der Waals surface area contributed by atoms with Crippen LogP contribution >= 0.6 is 0 Å². The second-order valence-corrected chi connectivity index (χ2v) is 5.55. The highest BCUT2D eigenvalue weighted by atomic mass is 16.5. The first-order valence-corrected chi connectivity index (χ1v) is 6.56. The van der Waals surface area contributed by atoms with E-state index in [0.717, 1.165) is 18.0 Å². The lowest BCUT2D eigenvalue weighted by Crippen LogP contribution is -2.21. The van der Waals surface area contributed by atoms with E-state index in [2.05, 4.69) is 10.3 Å². The van der Waals surface area contributed by atoms with E-state index >= 15 is 0 Å². The number of ether oxygens (including phenoxy) is 1. The maximum absolute atomic E-state index is 9.56. The Bertz CT molecular complexity index is 366. The van der Waals surface area contributed by atoms with Crippen molar-refractivity contribution >= 4 is 0 Å². The number of pyridine rings is 1. The van der Waals surface area contributed by atoms with Gasteiger partial charge in [0.25, 0.3) is 0 Å². The highest BCUT2D eigenvalue weighted by Crippen LogP contribution is 2.19. The third kappa shape index (κ3) is 5.02. The van der Waals surface area contributed by atoms with Crippen LogP contribution in [0.1, 0.15) is 38.8 Å². The molecule has 2 rings (SSSR count). The van der Waals surface area contributed by atoms with Crippen molar-refractivity contribution in [2.75, 3.05) is 6.61 Å². The van der Waals surface area contributed by atoms with Crippen LogP contribution in [0.3, 0.4) is 0 Å². The number of hydrogen-bond acceptors (Lipinski definition) is 4. The summed E-state index contributed by atoms with van der Waals surface area (Å²) >= 11 is 0. The van der Waals surface area contributed by atoms with Crippen LogP contribution in [0.25, 0.3) is 0 Å². The molecule has 1 aliphatic carbocycles. The maximum Gasteiger partial charge on any atom is 0.137 e. The number of aromatic nitrogens is 1. The monoisotopic (exact) mass is 250 g/mol. The molecule has 0 spiro atoms. The molecule has 2 N–H and O–H groups in total. The SMILES string of the molecule is CC(C)(O)CCOc1ccc(CNC2CC2)nc1. The van der Waals surface area contributed by atoms with Crippen LogP contribution in [-0.4, -0.2) is 28.3 Å². The molecule has 0 unspecified atom stereocenters. The van der Waals surface area contributed by atoms with Gasteiger partial charge in [-0.3, -0.25) is 4.98 Å². The largest absolute Gasteiger partial charge is 0.492 e. The summed E-state index contributed by atoms with van der Waals surface area (Å²) in [7, 11) is 0. The van der Waals surface area contributed by atoms with Crippen LogP contribution in [0.5, 0.6) is 5.75 Å². The van der Waals surface area contributed by atoms with Crippen LogP contribution in [0.4, 0.5) is 0 Å². The summed E-state index contributed by atoms with van der Waals surface area (Å²) in [5, 5.41) is 13.0. The van der Waals surface area contributed by atoms with Crippen molar-refractivity contribution in [3.8, 4) is 5.75 Å². The summed E-state index contributed by atoms with van der Waals surface area (Å²) in [4.78, 5) is 4.34. The molecule has 1 heterocycles. The van der Waals surface area contributed by atoms with Crippen molar-refractivity contribution in [1.82, 2.24) is 10.3 Å². The number of rotatable bonds is 7. The maximum atomic E-state index is 9.56. The Balaban J connectivity index is 1.72. The molecule has 1 aliphatic rings. The number of nitrogens with one attached hydrogen (secondary N) is 1. The lowest BCUT2D eigenvalue weighted by atomic mass is 10.1. The lowest BCUT2D eigenvalue weighted by molar-refractivity contribution is 0.0553. The van der Waals surface area contributed by atoms with E-state index in [4.69, 9.17) is 4.74 Å². The van der Waals surface area contributed by atoms with Gasteiger partial charge in [-0.05, 0) is 38.8 Å². The van der Waals surface area contributed by atoms with Gasteiger partial charge in [-0.25, -0.2) is 0 Å². The Morgan fingerprint density at radius 3 is 2.78 bits per heavy atom. The van der Waals surface area contributed by atoms with E-state index in [-0.39, 0.29) is 0 Å². The van der Waals surface area contributed by atoms with Gasteiger partial charge in [0.2, 0.25) is 0 Å². The molecule has 1 fully saturated rings. The van der Waals surface area contributed by atoms with E-state index < -0.39 is 5.60 Å². The standard InChI is InChI=1S/C14H22N2O2/c1-14(2,17)7-8-18-13-6-5-12(16-10-13)9-15-11-3-4-11/h5-6,10-11,15,17H,3-4,7-9H2,1-2H3. The van der Waals surface area contributed by atoms with Gasteiger partial charge < -0.3 is 15.2 Å². The van der Waals surface area contributed by atoms with Crippen molar-refractivity contribution in [2.24, 2.45) is 0 Å². The Labute approximate surface area is 108 Å². The fourth-order valence-electron chi connectivity index (χ4n) is 1.56. The first kappa shape index (κ1) is 13.3. The Hall–Kier alpha value is -1.13. The summed E-state index contributed by atoms with van der Waals surface area (Å²) in [6, 6.07) is 4.62. The van der Waals surface area contributed by atoms with Gasteiger partial charge in [-0.15, -0.1) is 0 Å². The first-order chi connectivity index (χ1) is 8.53. The molecule has 1 aromatic rings. The average molecular weight is 250 g/mol. The Kier molecular flexibility index (Phi) is 4.19. The molecule has 18 heavy (non-hydrogen) atoms. The van der Waals surface area contributed by atoms with E-state index in [9.17, 15) is 5.11 Å². The van der Waals surface area contributed by atoms with Crippen molar-refractivity contribution in [1.29, 1.82) is 0 Å². The topological polar surface area (TPSA) is 54.4 Å². The van der Waals surface area contributed by atoms with E-state index in [1.165, 1.54) is 12.8 Å². The summed E-state index contributed by atoms with van der Waals surface area (Å²) < 4.78 is 5.53. The second-order valence-electron chi connectivity index (χ2n) is 5.55. The van der Waals surface area contributed by atoms with Crippen molar-refractivity contribution < 1.29 is 9.84 Å². The van der Waals surface area contributed by atoms with Crippen LogP contribution in [-0.2, 0) is 6.54 Å². The molecule has 1 saturated carbocycles. The van der Waals surface area contributed by atoms with Crippen molar-refractivity contribution in [3.05, 3.63) is 24.0 Å². The quantitative estimate of drug-likeness (QED) is 0.775. The molecule has 4 nitrogen and oxygen atoms in total. The van der Waals surface area contributed by atoms with Gasteiger partial charge in [0, 0.05) is 19.0 Å². The minimum atomic E-state index is -0.679. The van der Waals surface area contributed by atoms with Crippen LogP contribution < -0.4 is 10.1 Å². The molecule has 0 amide bonds. The highest BCUT2D eigenvalue weighted by Gasteiger charge is 2.20. The minimum absolute atomic E-state index is 0.505. The zero-order valence-corrected chi connectivity index (χ0v) is 11.1. The highest BCUT2D eigenvalue weighted by molar-refractivity contribution is 5.19. The summed E-state index contributed by atoms with van der Waals surface area (Å²) in [5.41, 5.74) is 0.360. The number of nitrogens with zero attached hydrogens (tertiary/aromatic N) is 1. The summed E-state index contributed by atoms with van der Waals surface area (Å²) in [6.07, 6.45) is 4.93. The molecule has 1 aromatic heterocycles. The van der Waals surface area contributed by atoms with Gasteiger partial charge in [-0.1, -0.05) is 0 Å². The van der Waals surface area contributed by atoms with Crippen molar-refractivity contribution in [3.63, 3.8) is 0 Å². The van der Waals surface area contributed by atoms with Crippen LogP contribution in [0.15, 0.2) is 18.3 Å². The molecule has 0 saturated heterocycles. The summed E-state index contributed by atoms with van der Waals surface area (Å²) in [5.74, 6) is 0.759. The summed E-state index contributed by atoms with van der Waals surface area (Å²) in [6.45, 7) is 4.89. The zero-order valence-electron chi connectivity index (χ0n) is 11.1. The van der Waals surface area contributed by atoms with E-state index in [0.29, 0.717) is 19.1 Å². The third-order valence-electron chi connectivity index (χ3n) is 2.93. The van der Waals surface area contributed by atoms with Gasteiger partial charge in [0.05, 0.1) is 24.1 Å². The van der Waals surface area contributed by atoms with Gasteiger partial charge >= 0.3 is 0 Å². The van der Waals surface area contributed by atoms with Crippen molar-refractivity contribution in [2.45, 2.75) is 51.3 Å². The van der Waals surface area contributed by atoms with E-state index in [1.54, 1.807) is 20.0 Å². The number of hydrogen-bond donors (Lipinski definition) is 2. The first-order valence-electron chi connectivity index (χ1n) is 6.56. The second kappa shape index (κ2) is 5.67. The fourth-order valence-corrected chi connectivity index (χ4v) is 1.56. The smallest absolute Gasteiger partial charge is 0.137 e. The fraction of sp³-hybridized carbons (Fsp3) is 0.643. The zero-order chi connectivity index (χ0) is 13.0. The molecular weight excluding hydrogens is 228 g/mol. The Morgan fingerprint density at radius 1 is 1.44 bits per heavy atom. The predicted molar refractivity (Wildman–Crippen MR) is 70.5 cm³/mol.